The van der Waals surface area contributed by atoms with E-state index < -0.39 is 11.7 Å². The first-order chi connectivity index (χ1) is 16.5. The Labute approximate surface area is 209 Å². The second-order valence-electron chi connectivity index (χ2n) is 10.2. The van der Waals surface area contributed by atoms with Crippen LogP contribution in [0, 0.1) is 11.8 Å². The van der Waals surface area contributed by atoms with Crippen molar-refractivity contribution in [3.8, 4) is 11.5 Å². The van der Waals surface area contributed by atoms with Crippen LogP contribution in [0.4, 0.5) is 4.79 Å². The van der Waals surface area contributed by atoms with Crippen LogP contribution in [0.25, 0.3) is 0 Å². The summed E-state index contributed by atoms with van der Waals surface area (Å²) in [5.74, 6) is 0.710. The highest BCUT2D eigenvalue weighted by molar-refractivity contribution is 5.97. The molecule has 1 heterocycles. The third kappa shape index (κ3) is 8.00. The summed E-state index contributed by atoms with van der Waals surface area (Å²) < 4.78 is 22.1. The molecule has 1 saturated heterocycles. The molecule has 198 valence electrons. The number of rotatable bonds is 11. The van der Waals surface area contributed by atoms with E-state index >= 15 is 0 Å². The van der Waals surface area contributed by atoms with Crippen molar-refractivity contribution in [2.24, 2.45) is 11.8 Å². The number of amides is 2. The number of aliphatic hydroxyl groups excluding tert-OH is 1. The van der Waals surface area contributed by atoms with Crippen LogP contribution in [-0.4, -0.2) is 81.3 Å². The van der Waals surface area contributed by atoms with E-state index in [0.717, 1.165) is 5.56 Å². The van der Waals surface area contributed by atoms with Crippen molar-refractivity contribution in [3.05, 3.63) is 23.3 Å². The average molecular weight is 495 g/mol. The van der Waals surface area contributed by atoms with Gasteiger partial charge in [0.2, 0.25) is 0 Å². The summed E-state index contributed by atoms with van der Waals surface area (Å²) in [5.41, 5.74) is 0.702. The minimum Gasteiger partial charge on any atom is -0.493 e. The fourth-order valence-corrected chi connectivity index (χ4v) is 4.21. The van der Waals surface area contributed by atoms with Crippen molar-refractivity contribution in [2.45, 2.75) is 52.6 Å². The molecule has 1 aromatic carbocycles. The van der Waals surface area contributed by atoms with Crippen LogP contribution in [0.15, 0.2) is 12.1 Å². The molecule has 2 N–H and O–H groups in total. The maximum Gasteiger partial charge on any atom is 0.410 e. The minimum absolute atomic E-state index is 0.0163. The Bertz CT molecular complexity index is 851. The number of ether oxygens (including phenoxy) is 4. The maximum atomic E-state index is 13.3. The highest BCUT2D eigenvalue weighted by Crippen LogP contribution is 2.38. The van der Waals surface area contributed by atoms with Crippen LogP contribution in [0.3, 0.4) is 0 Å². The lowest BCUT2D eigenvalue weighted by atomic mass is 9.94. The molecule has 2 rings (SSSR count). The van der Waals surface area contributed by atoms with Crippen molar-refractivity contribution in [3.63, 3.8) is 0 Å². The molecule has 1 fully saturated rings. The average Bonchev–Trinajstić information content (AvgIpc) is 3.22. The Morgan fingerprint density at radius 2 is 1.83 bits per heavy atom. The van der Waals surface area contributed by atoms with Crippen LogP contribution >= 0.6 is 0 Å². The molecular weight excluding hydrogens is 452 g/mol. The van der Waals surface area contributed by atoms with E-state index in [4.69, 9.17) is 18.9 Å². The molecule has 1 aliphatic heterocycles. The predicted octanol–water partition coefficient (Wildman–Crippen LogP) is 3.44. The Morgan fingerprint density at radius 1 is 1.14 bits per heavy atom. The molecule has 0 aromatic heterocycles. The lowest BCUT2D eigenvalue weighted by Gasteiger charge is -2.24. The molecule has 1 aliphatic rings. The summed E-state index contributed by atoms with van der Waals surface area (Å²) in [5, 5.41) is 12.9. The van der Waals surface area contributed by atoms with Gasteiger partial charge in [0.15, 0.2) is 11.5 Å². The van der Waals surface area contributed by atoms with Gasteiger partial charge in [-0.2, -0.15) is 0 Å². The number of carbonyl (C=O) groups excluding carboxylic acids is 2. The van der Waals surface area contributed by atoms with Crippen LogP contribution in [-0.2, 0) is 9.47 Å². The Hall–Kier alpha value is -2.52. The molecular formula is C26H42N2O7. The van der Waals surface area contributed by atoms with Gasteiger partial charge >= 0.3 is 6.09 Å². The molecule has 0 aliphatic carbocycles. The van der Waals surface area contributed by atoms with E-state index in [1.54, 1.807) is 31.3 Å². The van der Waals surface area contributed by atoms with E-state index in [1.165, 1.54) is 0 Å². The van der Waals surface area contributed by atoms with Crippen LogP contribution in [0.2, 0.25) is 0 Å². The molecule has 0 spiro atoms. The van der Waals surface area contributed by atoms with E-state index in [0.29, 0.717) is 56.3 Å². The predicted molar refractivity (Wildman–Crippen MR) is 133 cm³/mol. The maximum absolute atomic E-state index is 13.3. The Kier molecular flexibility index (Phi) is 10.6. The van der Waals surface area contributed by atoms with E-state index in [9.17, 15) is 14.7 Å². The molecule has 2 amide bonds. The molecule has 1 aromatic rings. The summed E-state index contributed by atoms with van der Waals surface area (Å²) in [6, 6.07) is 3.49. The normalized spacial score (nSPS) is 18.0. The number of methoxy groups -OCH3 is 2. The number of hydrogen-bond donors (Lipinski definition) is 2. The van der Waals surface area contributed by atoms with Crippen LogP contribution in [0.5, 0.6) is 11.5 Å². The van der Waals surface area contributed by atoms with Crippen molar-refractivity contribution < 1.29 is 33.6 Å². The summed E-state index contributed by atoms with van der Waals surface area (Å²) in [6.07, 6.45) is 0.309. The molecule has 0 bridgehead atoms. The second-order valence-corrected chi connectivity index (χ2v) is 10.2. The fourth-order valence-electron chi connectivity index (χ4n) is 4.21. The SMILES string of the molecule is COCCCOc1c(OC)ccc(C(=O)NCC2CN(C(=O)OC(C)(C)C)CC2CO)c1C(C)C. The molecule has 2 unspecified atom stereocenters. The third-order valence-corrected chi connectivity index (χ3v) is 5.93. The monoisotopic (exact) mass is 494 g/mol. The third-order valence-electron chi connectivity index (χ3n) is 5.93. The number of likely N-dealkylation sites (tertiary alicyclic amines) is 1. The first-order valence-corrected chi connectivity index (χ1v) is 12.2. The van der Waals surface area contributed by atoms with Crippen LogP contribution in [0.1, 0.15) is 62.9 Å². The van der Waals surface area contributed by atoms with Gasteiger partial charge < -0.3 is 34.3 Å². The molecule has 9 heteroatoms. The number of aliphatic hydroxyl groups is 1. The first-order valence-electron chi connectivity index (χ1n) is 12.2. The quantitative estimate of drug-likeness (QED) is 0.454. The summed E-state index contributed by atoms with van der Waals surface area (Å²) in [6.45, 7) is 11.5. The van der Waals surface area contributed by atoms with Gasteiger partial charge in [0.25, 0.3) is 5.91 Å². The lowest BCUT2D eigenvalue weighted by molar-refractivity contribution is 0.0281. The molecule has 35 heavy (non-hydrogen) atoms. The zero-order valence-electron chi connectivity index (χ0n) is 22.2. The largest absolute Gasteiger partial charge is 0.493 e. The smallest absolute Gasteiger partial charge is 0.410 e. The van der Waals surface area contributed by atoms with Gasteiger partial charge in [-0.05, 0) is 38.8 Å². The molecule has 9 nitrogen and oxygen atoms in total. The topological polar surface area (TPSA) is 107 Å². The number of nitrogens with zero attached hydrogens (tertiary/aromatic N) is 1. The summed E-state index contributed by atoms with van der Waals surface area (Å²) >= 11 is 0. The van der Waals surface area contributed by atoms with Gasteiger partial charge in [0.1, 0.15) is 5.60 Å². The van der Waals surface area contributed by atoms with E-state index in [-0.39, 0.29) is 30.3 Å². The standard InChI is InChI=1S/C26H42N2O7/c1-17(2)22-20(9-10-21(33-7)23(22)34-12-8-11-32-6)24(30)27-13-18-14-28(15-19(18)16-29)25(31)35-26(3,4)5/h9-10,17-19,29H,8,11-16H2,1-7H3,(H,27,30). The Balaban J connectivity index is 2.14. The van der Waals surface area contributed by atoms with Crippen molar-refractivity contribution in [1.82, 2.24) is 10.2 Å². The van der Waals surface area contributed by atoms with E-state index in [1.807, 2.05) is 34.6 Å². The van der Waals surface area contributed by atoms with Crippen molar-refractivity contribution in [2.75, 3.05) is 53.7 Å². The molecule has 2 atom stereocenters. The summed E-state index contributed by atoms with van der Waals surface area (Å²) in [4.78, 5) is 27.3. The van der Waals surface area contributed by atoms with Gasteiger partial charge in [-0.15, -0.1) is 0 Å². The molecule has 0 radical (unpaired) electrons. The first kappa shape index (κ1) is 28.7. The highest BCUT2D eigenvalue weighted by Gasteiger charge is 2.37. The number of benzene rings is 1. The van der Waals surface area contributed by atoms with Crippen LogP contribution < -0.4 is 14.8 Å². The lowest BCUT2D eigenvalue weighted by Crippen LogP contribution is -2.36. The Morgan fingerprint density at radius 3 is 2.40 bits per heavy atom. The zero-order chi connectivity index (χ0) is 26.2. The van der Waals surface area contributed by atoms with Gasteiger partial charge in [0, 0.05) is 69.3 Å². The van der Waals surface area contributed by atoms with Crippen molar-refractivity contribution in [1.29, 1.82) is 0 Å². The van der Waals surface area contributed by atoms with Gasteiger partial charge in [-0.25, -0.2) is 4.79 Å². The van der Waals surface area contributed by atoms with Gasteiger partial charge in [-0.3, -0.25) is 4.79 Å². The van der Waals surface area contributed by atoms with E-state index in [2.05, 4.69) is 5.32 Å². The zero-order valence-corrected chi connectivity index (χ0v) is 22.2. The second kappa shape index (κ2) is 13.0. The highest BCUT2D eigenvalue weighted by atomic mass is 16.6. The van der Waals surface area contributed by atoms with Gasteiger partial charge in [-0.1, -0.05) is 13.8 Å². The fraction of sp³-hybridized carbons (Fsp3) is 0.692. The molecule has 0 saturated carbocycles. The number of hydrogen-bond acceptors (Lipinski definition) is 7. The number of carbonyl (C=O) groups is 2. The number of nitrogens with one attached hydrogen (secondary N) is 1. The van der Waals surface area contributed by atoms with Gasteiger partial charge in [0.05, 0.1) is 13.7 Å². The minimum atomic E-state index is -0.594. The summed E-state index contributed by atoms with van der Waals surface area (Å²) in [7, 11) is 3.22. The van der Waals surface area contributed by atoms with Crippen molar-refractivity contribution >= 4 is 12.0 Å².